The van der Waals surface area contributed by atoms with E-state index < -0.39 is 17.9 Å². The number of rotatable bonds is 14. The highest BCUT2D eigenvalue weighted by atomic mass is 16.5. The molecule has 0 aliphatic heterocycles. The number of aromatic nitrogens is 2. The van der Waals surface area contributed by atoms with Crippen LogP contribution in [0.15, 0.2) is 97.8 Å². The van der Waals surface area contributed by atoms with Gasteiger partial charge in [0.25, 0.3) is 5.91 Å². The molecular weight excluding hydrogens is 580 g/mol. The predicted molar refractivity (Wildman–Crippen MR) is 179 cm³/mol. The summed E-state index contributed by atoms with van der Waals surface area (Å²) in [5.41, 5.74) is 4.90. The SMILES string of the molecule is C=CCCOc1ccc(-c2cnc(-c3ccc(CC(NC(=O)c4ccc(C(C)(C)C)cc4)C(=O)NCCC(=O)O)cc3)nc2)cc1. The number of carbonyl (C=O) groups excluding carboxylic acids is 2. The Hall–Kier alpha value is -5.31. The number of nitrogens with zero attached hydrogens (tertiary/aromatic N) is 2. The topological polar surface area (TPSA) is 131 Å². The predicted octanol–water partition coefficient (Wildman–Crippen LogP) is 6.00. The highest BCUT2D eigenvalue weighted by Gasteiger charge is 2.23. The molecule has 0 spiro atoms. The van der Waals surface area contributed by atoms with Gasteiger partial charge in [-0.05, 0) is 52.8 Å². The van der Waals surface area contributed by atoms with E-state index in [2.05, 4.69) is 48.0 Å². The summed E-state index contributed by atoms with van der Waals surface area (Å²) in [6.07, 6.45) is 6.13. The molecule has 1 unspecified atom stereocenters. The number of benzene rings is 3. The Balaban J connectivity index is 1.43. The second kappa shape index (κ2) is 15.6. The number of carboxylic acid groups (broad SMARTS) is 1. The molecule has 3 N–H and O–H groups in total. The highest BCUT2D eigenvalue weighted by molar-refractivity contribution is 5.97. The first-order valence-corrected chi connectivity index (χ1v) is 15.2. The maximum absolute atomic E-state index is 13.1. The zero-order valence-corrected chi connectivity index (χ0v) is 26.5. The molecule has 4 rings (SSSR count). The maximum Gasteiger partial charge on any atom is 0.305 e. The zero-order valence-electron chi connectivity index (χ0n) is 26.5. The average molecular weight is 621 g/mol. The minimum absolute atomic E-state index is 0.0409. The van der Waals surface area contributed by atoms with Gasteiger partial charge in [0.05, 0.1) is 13.0 Å². The van der Waals surface area contributed by atoms with Gasteiger partial charge in [-0.15, -0.1) is 6.58 Å². The summed E-state index contributed by atoms with van der Waals surface area (Å²) >= 11 is 0. The van der Waals surface area contributed by atoms with Crippen molar-refractivity contribution >= 4 is 17.8 Å². The van der Waals surface area contributed by atoms with Gasteiger partial charge < -0.3 is 20.5 Å². The normalized spacial score (nSPS) is 11.7. The van der Waals surface area contributed by atoms with E-state index in [0.29, 0.717) is 18.0 Å². The van der Waals surface area contributed by atoms with Crippen LogP contribution < -0.4 is 15.4 Å². The monoisotopic (exact) mass is 620 g/mol. The van der Waals surface area contributed by atoms with Crippen molar-refractivity contribution in [3.05, 3.63) is 115 Å². The fourth-order valence-corrected chi connectivity index (χ4v) is 4.64. The van der Waals surface area contributed by atoms with Gasteiger partial charge in [0, 0.05) is 42.0 Å². The van der Waals surface area contributed by atoms with Crippen LogP contribution in [0.25, 0.3) is 22.5 Å². The largest absolute Gasteiger partial charge is 0.493 e. The molecule has 0 fully saturated rings. The molecule has 0 aliphatic carbocycles. The summed E-state index contributed by atoms with van der Waals surface area (Å²) in [5, 5.41) is 14.4. The third kappa shape index (κ3) is 9.59. The van der Waals surface area contributed by atoms with Crippen LogP contribution in [0.1, 0.15) is 55.1 Å². The van der Waals surface area contributed by atoms with Gasteiger partial charge in [-0.2, -0.15) is 0 Å². The molecule has 1 heterocycles. The molecule has 0 bridgehead atoms. The molecule has 1 aromatic heterocycles. The van der Waals surface area contributed by atoms with Gasteiger partial charge in [-0.3, -0.25) is 14.4 Å². The number of carbonyl (C=O) groups is 3. The molecule has 1 atom stereocenters. The Labute approximate surface area is 269 Å². The van der Waals surface area contributed by atoms with Gasteiger partial charge in [-0.25, -0.2) is 9.97 Å². The van der Waals surface area contributed by atoms with Gasteiger partial charge >= 0.3 is 5.97 Å². The third-order valence-corrected chi connectivity index (χ3v) is 7.36. The van der Waals surface area contributed by atoms with Crippen molar-refractivity contribution in [2.45, 2.75) is 51.5 Å². The summed E-state index contributed by atoms with van der Waals surface area (Å²) in [6, 6.07) is 21.6. The lowest BCUT2D eigenvalue weighted by Gasteiger charge is -2.20. The van der Waals surface area contributed by atoms with Crippen molar-refractivity contribution in [3.8, 4) is 28.3 Å². The molecule has 4 aromatic rings. The molecule has 238 valence electrons. The fraction of sp³-hybridized carbons (Fsp3) is 0.270. The molecule has 9 heteroatoms. The van der Waals surface area contributed by atoms with E-state index in [1.54, 1.807) is 24.5 Å². The van der Waals surface area contributed by atoms with Crippen molar-refractivity contribution in [2.24, 2.45) is 0 Å². The van der Waals surface area contributed by atoms with Crippen LogP contribution >= 0.6 is 0 Å². The summed E-state index contributed by atoms with van der Waals surface area (Å²) in [6.45, 7) is 10.5. The van der Waals surface area contributed by atoms with E-state index in [4.69, 9.17) is 9.84 Å². The second-order valence-electron chi connectivity index (χ2n) is 11.9. The first-order chi connectivity index (χ1) is 22.0. The molecule has 2 amide bonds. The van der Waals surface area contributed by atoms with Crippen LogP contribution in [0.4, 0.5) is 0 Å². The Kier molecular flexibility index (Phi) is 11.4. The minimum atomic E-state index is -1.02. The van der Waals surface area contributed by atoms with Gasteiger partial charge in [-0.1, -0.05) is 75.4 Å². The molecule has 0 saturated carbocycles. The van der Waals surface area contributed by atoms with Crippen LogP contribution in [0.5, 0.6) is 5.75 Å². The number of aliphatic carboxylic acids is 1. The maximum atomic E-state index is 13.1. The fourth-order valence-electron chi connectivity index (χ4n) is 4.64. The number of ether oxygens (including phenoxy) is 1. The lowest BCUT2D eigenvalue weighted by Crippen LogP contribution is -2.48. The van der Waals surface area contributed by atoms with Gasteiger partial charge in [0.1, 0.15) is 11.8 Å². The number of hydrogen-bond donors (Lipinski definition) is 3. The highest BCUT2D eigenvalue weighted by Crippen LogP contribution is 2.24. The van der Waals surface area contributed by atoms with E-state index in [-0.39, 0.29) is 30.7 Å². The van der Waals surface area contributed by atoms with Crippen molar-refractivity contribution in [1.29, 1.82) is 0 Å². The Morgan fingerprint density at radius 3 is 2.11 bits per heavy atom. The van der Waals surface area contributed by atoms with Crippen molar-refractivity contribution in [2.75, 3.05) is 13.2 Å². The first kappa shape index (κ1) is 33.6. The van der Waals surface area contributed by atoms with Crippen molar-refractivity contribution in [1.82, 2.24) is 20.6 Å². The van der Waals surface area contributed by atoms with Gasteiger partial charge in [0.2, 0.25) is 5.91 Å². The van der Waals surface area contributed by atoms with Crippen LogP contribution in [0, 0.1) is 0 Å². The number of nitrogens with one attached hydrogen (secondary N) is 2. The van der Waals surface area contributed by atoms with Crippen molar-refractivity contribution < 1.29 is 24.2 Å². The molecular formula is C37H40N4O5. The van der Waals surface area contributed by atoms with E-state index in [9.17, 15) is 14.4 Å². The van der Waals surface area contributed by atoms with E-state index in [0.717, 1.165) is 40.0 Å². The van der Waals surface area contributed by atoms with Crippen LogP contribution in [0.2, 0.25) is 0 Å². The molecule has 46 heavy (non-hydrogen) atoms. The summed E-state index contributed by atoms with van der Waals surface area (Å²) in [7, 11) is 0. The Bertz CT molecular complexity index is 1630. The second-order valence-corrected chi connectivity index (χ2v) is 11.9. The van der Waals surface area contributed by atoms with E-state index in [1.165, 1.54) is 0 Å². The van der Waals surface area contributed by atoms with Crippen LogP contribution in [-0.4, -0.2) is 52.1 Å². The lowest BCUT2D eigenvalue weighted by atomic mass is 9.86. The van der Waals surface area contributed by atoms with E-state index >= 15 is 0 Å². The molecule has 9 nitrogen and oxygen atoms in total. The lowest BCUT2D eigenvalue weighted by molar-refractivity contribution is -0.137. The summed E-state index contributed by atoms with van der Waals surface area (Å²) < 4.78 is 5.67. The Morgan fingerprint density at radius 1 is 0.891 bits per heavy atom. The van der Waals surface area contributed by atoms with Gasteiger partial charge in [0.15, 0.2) is 5.82 Å². The summed E-state index contributed by atoms with van der Waals surface area (Å²) in [5.74, 6) is -0.528. The Morgan fingerprint density at radius 2 is 1.52 bits per heavy atom. The average Bonchev–Trinajstić information content (AvgIpc) is 3.05. The number of carboxylic acids is 1. The summed E-state index contributed by atoms with van der Waals surface area (Å²) in [4.78, 5) is 46.2. The number of hydrogen-bond acceptors (Lipinski definition) is 6. The quantitative estimate of drug-likeness (QED) is 0.117. The van der Waals surface area contributed by atoms with Crippen LogP contribution in [0.3, 0.4) is 0 Å². The molecule has 0 aliphatic rings. The standard InChI is InChI=1S/C37H40N4O5/c1-5-6-21-46-31-17-13-26(14-18-31)29-23-39-34(40-24-29)27-9-7-25(8-10-27)22-32(36(45)38-20-19-33(42)43)41-35(44)28-11-15-30(16-12-28)37(2,3)4/h5,7-18,23-24,32H,1,6,19-22H2,2-4H3,(H,38,45)(H,41,44)(H,42,43). The number of amides is 2. The molecule has 0 radical (unpaired) electrons. The third-order valence-electron chi connectivity index (χ3n) is 7.36. The smallest absolute Gasteiger partial charge is 0.305 e. The molecule has 0 saturated heterocycles. The first-order valence-electron chi connectivity index (χ1n) is 15.2. The minimum Gasteiger partial charge on any atom is -0.493 e. The van der Waals surface area contributed by atoms with E-state index in [1.807, 2.05) is 66.7 Å². The van der Waals surface area contributed by atoms with Crippen molar-refractivity contribution in [3.63, 3.8) is 0 Å². The molecule has 3 aromatic carbocycles. The zero-order chi connectivity index (χ0) is 33.1. The van der Waals surface area contributed by atoms with Crippen LogP contribution in [-0.2, 0) is 21.4 Å².